The lowest BCUT2D eigenvalue weighted by Gasteiger charge is -2.39. The molecule has 0 radical (unpaired) electrons. The van der Waals surface area contributed by atoms with Crippen LogP contribution in [0.3, 0.4) is 0 Å². The molecule has 12 rings (SSSR count). The standard InChI is InChI=1S/C74H84N4O24/c79-38-56-63(82)66(85)69(88)72(100-56)97-35-29-91-26-32-94-45-12-6-42(7-13-45)60-50-20-18-48(75-50)59(41-4-2-1-3-5-41)49-19-21-51(76-49)61(43-8-14-46(15-9-43)95-33-27-92-30-36-98-73-70(89)67(86)64(83)57(39-80)101-73)53-23-25-55(78-53)62(54-24-22-52(60)77-54)44-10-16-47(17-11-44)96-34-28-93-31-37-99-74-71(90)68(87)65(84)58(40-81)102-74/h1-25,56-58,63-75,77,79-90H,26-40H2/t56-,57-,58-,63+,64+,65+,66-,67-,68-,69-,70-,71-,72-,73-,74-/m1/s1. The minimum Gasteiger partial charge on any atom is -0.491 e. The first-order valence-electron chi connectivity index (χ1n) is 33.6. The minimum atomic E-state index is -1.56. The SMILES string of the molecule is OC[C@H]1O[C@@H](OCCOCCOc2ccc(-c3c4nc(c(-c5ccccc5)c5ccc([nH]5)c(-c5ccc(OCCOCCO[C@@H]6O[C@H](CO)[C@H](O)[C@@H](O)[C@H]6O)cc5)c5ccc([nH]5)c(-c5ccc(OCCOCCO[C@@H]6O[C@H](CO)[C@H](O)[C@@H](O)[C@H]6O)cc5)c5nc3C=C5)C=C4)cc2)[C@H](O)[C@H](O)[C@H]1O. The highest BCUT2D eigenvalue weighted by Crippen LogP contribution is 2.40. The van der Waals surface area contributed by atoms with Gasteiger partial charge in [0.15, 0.2) is 18.9 Å². The van der Waals surface area contributed by atoms with Crippen molar-refractivity contribution in [3.63, 3.8) is 0 Å². The minimum absolute atomic E-state index is 0.00631. The Bertz CT molecular complexity index is 4080. The van der Waals surface area contributed by atoms with E-state index in [0.29, 0.717) is 40.0 Å². The largest absolute Gasteiger partial charge is 0.491 e. The van der Waals surface area contributed by atoms with Gasteiger partial charge < -0.3 is 128 Å². The molecule has 8 bridgehead atoms. The lowest BCUT2D eigenvalue weighted by Crippen LogP contribution is -2.59. The number of ether oxygens (including phenoxy) is 12. The van der Waals surface area contributed by atoms with Crippen LogP contribution < -0.4 is 14.2 Å². The third kappa shape index (κ3) is 17.3. The Kier molecular flexibility index (Phi) is 25.3. The summed E-state index contributed by atoms with van der Waals surface area (Å²) in [7, 11) is 0. The summed E-state index contributed by atoms with van der Waals surface area (Å²) in [6.07, 6.45) is -12.9. The van der Waals surface area contributed by atoms with E-state index in [9.17, 15) is 61.3 Å². The van der Waals surface area contributed by atoms with Gasteiger partial charge in [-0.25, -0.2) is 9.97 Å². The van der Waals surface area contributed by atoms with Crippen molar-refractivity contribution in [2.45, 2.75) is 92.1 Å². The number of hydrogen-bond donors (Lipinski definition) is 14. The van der Waals surface area contributed by atoms with Crippen LogP contribution in [0.4, 0.5) is 0 Å². The zero-order chi connectivity index (χ0) is 71.2. The number of fused-ring (bicyclic) bond motifs is 8. The fraction of sp³-hybridized carbons (Fsp3) is 0.405. The molecule has 0 saturated carbocycles. The van der Waals surface area contributed by atoms with E-state index in [1.54, 1.807) is 0 Å². The van der Waals surface area contributed by atoms with E-state index in [2.05, 4.69) is 9.97 Å². The Hall–Kier alpha value is -7.96. The molecule has 8 heterocycles. The van der Waals surface area contributed by atoms with Crippen LogP contribution in [0.25, 0.3) is 90.9 Å². The maximum atomic E-state index is 10.3. The second-order valence-electron chi connectivity index (χ2n) is 24.5. The molecule has 102 heavy (non-hydrogen) atoms. The van der Waals surface area contributed by atoms with Gasteiger partial charge in [-0.15, -0.1) is 0 Å². The van der Waals surface area contributed by atoms with Crippen LogP contribution in [0, 0.1) is 0 Å². The monoisotopic (exact) mass is 1410 g/mol. The topological polar surface area (TPSA) is 411 Å². The van der Waals surface area contributed by atoms with Crippen molar-refractivity contribution < 1.29 is 118 Å². The lowest BCUT2D eigenvalue weighted by molar-refractivity contribution is -0.302. The van der Waals surface area contributed by atoms with Crippen molar-refractivity contribution in [2.24, 2.45) is 0 Å². The molecule has 3 fully saturated rings. The van der Waals surface area contributed by atoms with Crippen molar-refractivity contribution in [3.8, 4) is 61.8 Å². The number of nitrogens with one attached hydrogen (secondary N) is 2. The van der Waals surface area contributed by atoms with Gasteiger partial charge in [0.2, 0.25) is 0 Å². The van der Waals surface area contributed by atoms with Crippen LogP contribution in [0.2, 0.25) is 0 Å². The summed E-state index contributed by atoms with van der Waals surface area (Å²) in [4.78, 5) is 18.4. The number of aliphatic hydroxyl groups is 12. The number of H-pyrrole nitrogens is 2. The van der Waals surface area contributed by atoms with Crippen molar-refractivity contribution in [1.29, 1.82) is 0 Å². The first kappa shape index (κ1) is 73.8. The molecule has 7 aromatic rings. The van der Waals surface area contributed by atoms with Gasteiger partial charge in [-0.1, -0.05) is 66.7 Å². The van der Waals surface area contributed by atoms with E-state index < -0.39 is 112 Å². The second kappa shape index (κ2) is 35.0. The molecule has 0 amide bonds. The summed E-state index contributed by atoms with van der Waals surface area (Å²) < 4.78 is 68.4. The molecule has 0 unspecified atom stereocenters. The van der Waals surface area contributed by atoms with Gasteiger partial charge in [-0.05, 0) is 107 Å². The fourth-order valence-electron chi connectivity index (χ4n) is 12.4. The molecule has 0 spiro atoms. The quantitative estimate of drug-likeness (QED) is 0.0278. The molecule has 3 saturated heterocycles. The van der Waals surface area contributed by atoms with Crippen molar-refractivity contribution in [3.05, 3.63) is 150 Å². The highest BCUT2D eigenvalue weighted by atomic mass is 16.7. The predicted octanol–water partition coefficient (Wildman–Crippen LogP) is 2.96. The van der Waals surface area contributed by atoms with Crippen molar-refractivity contribution in [1.82, 2.24) is 19.9 Å². The van der Waals surface area contributed by atoms with Crippen molar-refractivity contribution in [2.75, 3.05) is 99.1 Å². The highest BCUT2D eigenvalue weighted by molar-refractivity contribution is 6.00. The third-order valence-electron chi connectivity index (χ3n) is 17.8. The molecule has 5 aliphatic heterocycles. The highest BCUT2D eigenvalue weighted by Gasteiger charge is 2.46. The number of aliphatic hydroxyl groups excluding tert-OH is 12. The van der Waals surface area contributed by atoms with Gasteiger partial charge in [0, 0.05) is 44.3 Å². The van der Waals surface area contributed by atoms with E-state index >= 15 is 0 Å². The first-order valence-corrected chi connectivity index (χ1v) is 33.6. The molecule has 0 aliphatic carbocycles. The number of aromatic nitrogens is 4. The van der Waals surface area contributed by atoms with Crippen LogP contribution in [-0.2, 0) is 42.6 Å². The summed E-state index contributed by atoms with van der Waals surface area (Å²) in [6, 6.07) is 41.2. The van der Waals surface area contributed by atoms with Crippen LogP contribution in [0.15, 0.2) is 127 Å². The Labute approximate surface area is 585 Å². The molecule has 15 atom stereocenters. The smallest absolute Gasteiger partial charge is 0.186 e. The number of hydrogen-bond acceptors (Lipinski definition) is 26. The van der Waals surface area contributed by atoms with Gasteiger partial charge in [-0.3, -0.25) is 0 Å². The zero-order valence-corrected chi connectivity index (χ0v) is 55.4. The van der Waals surface area contributed by atoms with E-state index in [-0.39, 0.29) is 79.3 Å². The van der Waals surface area contributed by atoms with E-state index in [4.69, 9.17) is 66.8 Å². The average molecular weight is 1410 g/mol. The normalized spacial score (nSPS) is 25.6. The van der Waals surface area contributed by atoms with Crippen LogP contribution >= 0.6 is 0 Å². The maximum absolute atomic E-state index is 10.3. The first-order chi connectivity index (χ1) is 49.7. The Morgan fingerprint density at radius 1 is 0.294 bits per heavy atom. The number of nitrogens with zero attached hydrogens (tertiary/aromatic N) is 2. The van der Waals surface area contributed by atoms with Crippen LogP contribution in [0.5, 0.6) is 17.2 Å². The lowest BCUT2D eigenvalue weighted by atomic mass is 9.99. The molecule has 3 aromatic heterocycles. The van der Waals surface area contributed by atoms with Crippen LogP contribution in [-0.4, -0.2) is 272 Å². The van der Waals surface area contributed by atoms with Gasteiger partial charge in [0.1, 0.15) is 110 Å². The molecule has 28 nitrogen and oxygen atoms in total. The maximum Gasteiger partial charge on any atom is 0.186 e. The predicted molar refractivity (Wildman–Crippen MR) is 369 cm³/mol. The summed E-state index contributed by atoms with van der Waals surface area (Å²) in [5.74, 6) is 1.72. The van der Waals surface area contributed by atoms with Gasteiger partial charge in [-0.2, -0.15) is 0 Å². The van der Waals surface area contributed by atoms with Gasteiger partial charge in [0.05, 0.1) is 102 Å². The van der Waals surface area contributed by atoms with E-state index in [1.807, 2.05) is 152 Å². The van der Waals surface area contributed by atoms with E-state index in [1.165, 1.54) is 0 Å². The van der Waals surface area contributed by atoms with Gasteiger partial charge in [0.25, 0.3) is 0 Å². The molecule has 28 heteroatoms. The summed E-state index contributed by atoms with van der Waals surface area (Å²) in [5.41, 5.74) is 12.4. The number of aromatic amines is 2. The van der Waals surface area contributed by atoms with Crippen molar-refractivity contribution >= 4 is 46.4 Å². The number of benzene rings is 4. The average Bonchev–Trinajstić information content (AvgIpc) is 1.61. The fourth-order valence-corrected chi connectivity index (χ4v) is 12.4. The van der Waals surface area contributed by atoms with E-state index in [0.717, 1.165) is 66.6 Å². The third-order valence-corrected chi connectivity index (χ3v) is 17.8. The van der Waals surface area contributed by atoms with Crippen LogP contribution in [0.1, 0.15) is 22.8 Å². The molecular weight excluding hydrogens is 1330 g/mol. The molecule has 14 N–H and O–H groups in total. The Morgan fingerprint density at radius 2 is 0.578 bits per heavy atom. The molecule has 544 valence electrons. The Morgan fingerprint density at radius 3 is 0.912 bits per heavy atom. The molecule has 5 aliphatic rings. The van der Waals surface area contributed by atoms with Gasteiger partial charge >= 0.3 is 0 Å². The number of rotatable bonds is 31. The Balaban J connectivity index is 0.817. The molecule has 4 aromatic carbocycles. The summed E-state index contributed by atoms with van der Waals surface area (Å²) in [5, 5.41) is 120. The zero-order valence-electron chi connectivity index (χ0n) is 55.4. The summed E-state index contributed by atoms with van der Waals surface area (Å²) in [6.45, 7) is -0.327. The molecular formula is C74H84N4O24. The summed E-state index contributed by atoms with van der Waals surface area (Å²) >= 11 is 0. The second-order valence-corrected chi connectivity index (χ2v) is 24.5.